The van der Waals surface area contributed by atoms with Crippen LogP contribution in [0.5, 0.6) is 0 Å². The lowest BCUT2D eigenvalue weighted by atomic mass is 9.92. The van der Waals surface area contributed by atoms with Crippen molar-refractivity contribution in [3.05, 3.63) is 72.2 Å². The van der Waals surface area contributed by atoms with Gasteiger partial charge in [0.1, 0.15) is 0 Å². The van der Waals surface area contributed by atoms with Crippen molar-refractivity contribution in [3.8, 4) is 0 Å². The summed E-state index contributed by atoms with van der Waals surface area (Å²) in [4.78, 5) is 22.5. The average molecular weight is 347 g/mol. The highest BCUT2D eigenvalue weighted by atomic mass is 16.4. The fraction of sp³-hybridized carbons (Fsp3) is 0.286. The van der Waals surface area contributed by atoms with Crippen LogP contribution >= 0.6 is 0 Å². The minimum absolute atomic E-state index is 0.0164. The summed E-state index contributed by atoms with van der Waals surface area (Å²) >= 11 is 0. The van der Waals surface area contributed by atoms with Gasteiger partial charge >= 0.3 is 5.97 Å². The highest BCUT2D eigenvalue weighted by Crippen LogP contribution is 2.33. The molecule has 2 aromatic heterocycles. The maximum Gasteiger partial charge on any atom is 0.307 e. The maximum absolute atomic E-state index is 11.5. The van der Waals surface area contributed by atoms with Crippen molar-refractivity contribution >= 4 is 16.9 Å². The molecule has 0 radical (unpaired) electrons. The molecule has 0 amide bonds. The Bertz CT molecular complexity index is 913. The third-order valence-electron chi connectivity index (χ3n) is 5.12. The molecule has 3 heterocycles. The summed E-state index contributed by atoms with van der Waals surface area (Å²) in [6, 6.07) is 14.2. The first-order valence-electron chi connectivity index (χ1n) is 8.94. The topological polar surface area (TPSA) is 66.3 Å². The van der Waals surface area contributed by atoms with Crippen molar-refractivity contribution in [1.29, 1.82) is 0 Å². The number of benzene rings is 1. The fourth-order valence-electron chi connectivity index (χ4n) is 3.84. The van der Waals surface area contributed by atoms with Crippen molar-refractivity contribution in [2.75, 3.05) is 13.1 Å². The molecule has 1 aliphatic rings. The molecule has 0 spiro atoms. The van der Waals surface area contributed by atoms with Crippen LogP contribution in [0, 0.1) is 5.92 Å². The fourth-order valence-corrected chi connectivity index (χ4v) is 3.84. The largest absolute Gasteiger partial charge is 0.481 e. The number of carboxylic acids is 1. The number of rotatable bonds is 4. The summed E-state index contributed by atoms with van der Waals surface area (Å²) in [6.45, 7) is 1.43. The Labute approximate surface area is 152 Å². The zero-order valence-electron chi connectivity index (χ0n) is 14.5. The van der Waals surface area contributed by atoms with Crippen molar-refractivity contribution in [1.82, 2.24) is 14.9 Å². The number of fused-ring (bicyclic) bond motifs is 1. The van der Waals surface area contributed by atoms with Gasteiger partial charge in [-0.25, -0.2) is 0 Å². The summed E-state index contributed by atoms with van der Waals surface area (Å²) in [7, 11) is 0. The lowest BCUT2D eigenvalue weighted by molar-refractivity contribution is -0.143. The number of aromatic nitrogens is 2. The number of nitrogens with zero attached hydrogens (tertiary/aromatic N) is 3. The van der Waals surface area contributed by atoms with Crippen LogP contribution in [0.25, 0.3) is 10.9 Å². The van der Waals surface area contributed by atoms with Crippen LogP contribution in [0.1, 0.15) is 30.0 Å². The minimum Gasteiger partial charge on any atom is -0.481 e. The first kappa shape index (κ1) is 16.7. The summed E-state index contributed by atoms with van der Waals surface area (Å²) in [5, 5.41) is 10.6. The van der Waals surface area contributed by atoms with E-state index < -0.39 is 5.97 Å². The molecule has 0 saturated carbocycles. The molecule has 0 bridgehead atoms. The number of hydrogen-bond acceptors (Lipinski definition) is 4. The molecule has 2 unspecified atom stereocenters. The van der Waals surface area contributed by atoms with Gasteiger partial charge in [0.05, 0.1) is 17.5 Å². The molecule has 5 heteroatoms. The van der Waals surface area contributed by atoms with E-state index in [0.717, 1.165) is 41.4 Å². The Morgan fingerprint density at radius 2 is 1.96 bits per heavy atom. The Morgan fingerprint density at radius 1 is 1.15 bits per heavy atom. The van der Waals surface area contributed by atoms with E-state index in [4.69, 9.17) is 0 Å². The van der Waals surface area contributed by atoms with Crippen LogP contribution in [0.15, 0.2) is 61.1 Å². The first-order valence-corrected chi connectivity index (χ1v) is 8.94. The standard InChI is InChI=1S/C21H21N3O2/c25-21(26)17-5-3-11-24(14-17)20(15-7-9-22-10-8-15)18-12-16-4-1-2-6-19(16)23-13-18/h1-2,4,6-10,12-13,17,20H,3,5,11,14H2,(H,25,26). The molecular weight excluding hydrogens is 326 g/mol. The van der Waals surface area contributed by atoms with Gasteiger partial charge in [-0.2, -0.15) is 0 Å². The zero-order chi connectivity index (χ0) is 17.9. The highest BCUT2D eigenvalue weighted by Gasteiger charge is 2.31. The van der Waals surface area contributed by atoms with Crippen LogP contribution in [0.4, 0.5) is 0 Å². The van der Waals surface area contributed by atoms with Gasteiger partial charge in [-0.05, 0) is 54.8 Å². The average Bonchev–Trinajstić information content (AvgIpc) is 2.69. The Hall–Kier alpha value is -2.79. The van der Waals surface area contributed by atoms with Gasteiger partial charge in [0, 0.05) is 30.5 Å². The third-order valence-corrected chi connectivity index (χ3v) is 5.12. The molecule has 5 nitrogen and oxygen atoms in total. The summed E-state index contributed by atoms with van der Waals surface area (Å²) in [6.07, 6.45) is 7.12. The van der Waals surface area contributed by atoms with E-state index in [2.05, 4.69) is 27.0 Å². The number of pyridine rings is 2. The smallest absolute Gasteiger partial charge is 0.307 e. The monoisotopic (exact) mass is 347 g/mol. The van der Waals surface area contributed by atoms with Crippen molar-refractivity contribution in [2.45, 2.75) is 18.9 Å². The Morgan fingerprint density at radius 3 is 2.77 bits per heavy atom. The molecule has 132 valence electrons. The summed E-state index contributed by atoms with van der Waals surface area (Å²) in [5.41, 5.74) is 3.16. The van der Waals surface area contributed by atoms with E-state index >= 15 is 0 Å². The lowest BCUT2D eigenvalue weighted by Gasteiger charge is -2.37. The zero-order valence-corrected chi connectivity index (χ0v) is 14.5. The second-order valence-corrected chi connectivity index (χ2v) is 6.82. The number of para-hydroxylation sites is 1. The van der Waals surface area contributed by atoms with Gasteiger partial charge in [0.2, 0.25) is 0 Å². The van der Waals surface area contributed by atoms with Crippen LogP contribution in [-0.4, -0.2) is 39.0 Å². The number of likely N-dealkylation sites (tertiary alicyclic amines) is 1. The third kappa shape index (κ3) is 3.30. The normalized spacial score (nSPS) is 19.3. The number of aliphatic carboxylic acids is 1. The van der Waals surface area contributed by atoms with Crippen molar-refractivity contribution < 1.29 is 9.90 Å². The highest BCUT2D eigenvalue weighted by molar-refractivity contribution is 5.79. The van der Waals surface area contributed by atoms with Crippen LogP contribution in [0.2, 0.25) is 0 Å². The molecule has 1 fully saturated rings. The molecule has 4 rings (SSSR count). The first-order chi connectivity index (χ1) is 12.7. The predicted molar refractivity (Wildman–Crippen MR) is 99.8 cm³/mol. The molecule has 2 atom stereocenters. The SMILES string of the molecule is O=C(O)C1CCCN(C(c2ccncc2)c2cnc3ccccc3c2)C1. The van der Waals surface area contributed by atoms with Crippen molar-refractivity contribution in [2.24, 2.45) is 5.92 Å². The quantitative estimate of drug-likeness (QED) is 0.782. The Balaban J connectivity index is 1.76. The van der Waals surface area contributed by atoms with Gasteiger partial charge in [-0.3, -0.25) is 19.7 Å². The van der Waals surface area contributed by atoms with E-state index in [1.54, 1.807) is 12.4 Å². The lowest BCUT2D eigenvalue weighted by Crippen LogP contribution is -2.41. The Kier molecular flexibility index (Phi) is 4.63. The van der Waals surface area contributed by atoms with E-state index in [1.807, 2.05) is 36.5 Å². The van der Waals surface area contributed by atoms with Crippen LogP contribution < -0.4 is 0 Å². The van der Waals surface area contributed by atoms with Gasteiger partial charge < -0.3 is 5.11 Å². The summed E-state index contributed by atoms with van der Waals surface area (Å²) < 4.78 is 0. The van der Waals surface area contributed by atoms with Gasteiger partial charge in [-0.1, -0.05) is 18.2 Å². The van der Waals surface area contributed by atoms with Gasteiger partial charge in [-0.15, -0.1) is 0 Å². The summed E-state index contributed by atoms with van der Waals surface area (Å²) in [5.74, 6) is -1.03. The number of carbonyl (C=O) groups is 1. The molecular formula is C21H21N3O2. The van der Waals surface area contributed by atoms with Gasteiger partial charge in [0.25, 0.3) is 0 Å². The number of piperidine rings is 1. The van der Waals surface area contributed by atoms with Crippen LogP contribution in [-0.2, 0) is 4.79 Å². The number of carboxylic acid groups (broad SMARTS) is 1. The molecule has 1 N–H and O–H groups in total. The van der Waals surface area contributed by atoms with E-state index in [0.29, 0.717) is 6.54 Å². The number of hydrogen-bond donors (Lipinski definition) is 1. The second-order valence-electron chi connectivity index (χ2n) is 6.82. The molecule has 3 aromatic rings. The van der Waals surface area contributed by atoms with E-state index in [9.17, 15) is 9.90 Å². The molecule has 1 aliphatic heterocycles. The molecule has 1 aromatic carbocycles. The second kappa shape index (κ2) is 7.22. The van der Waals surface area contributed by atoms with E-state index in [-0.39, 0.29) is 12.0 Å². The van der Waals surface area contributed by atoms with Crippen molar-refractivity contribution in [3.63, 3.8) is 0 Å². The predicted octanol–water partition coefficient (Wildman–Crippen LogP) is 3.52. The molecule has 0 aliphatic carbocycles. The van der Waals surface area contributed by atoms with Crippen LogP contribution in [0.3, 0.4) is 0 Å². The maximum atomic E-state index is 11.5. The van der Waals surface area contributed by atoms with Gasteiger partial charge in [0.15, 0.2) is 0 Å². The minimum atomic E-state index is -0.709. The molecule has 1 saturated heterocycles. The molecule has 26 heavy (non-hydrogen) atoms. The van der Waals surface area contributed by atoms with E-state index in [1.165, 1.54) is 0 Å².